The first-order valence-corrected chi connectivity index (χ1v) is 10.5. The van der Waals surface area contributed by atoms with E-state index in [1.807, 2.05) is 11.8 Å². The number of hydrogen-bond donors (Lipinski definition) is 1. The maximum atomic E-state index is 13.6. The van der Waals surface area contributed by atoms with Gasteiger partial charge in [-0.15, -0.1) is 0 Å². The topological polar surface area (TPSA) is 86.6 Å². The maximum Gasteiger partial charge on any atom is 0.273 e. The molecule has 1 spiro atoms. The van der Waals surface area contributed by atoms with Gasteiger partial charge in [-0.2, -0.15) is 0 Å². The van der Waals surface area contributed by atoms with Crippen molar-refractivity contribution >= 4 is 11.8 Å². The van der Waals surface area contributed by atoms with E-state index in [2.05, 4.69) is 9.97 Å². The first kappa shape index (κ1) is 19.3. The zero-order chi connectivity index (χ0) is 19.9. The highest BCUT2D eigenvalue weighted by atomic mass is 16.3. The third kappa shape index (κ3) is 3.30. The van der Waals surface area contributed by atoms with Crippen molar-refractivity contribution < 1.29 is 14.7 Å². The lowest BCUT2D eigenvalue weighted by Crippen LogP contribution is -2.63. The fourth-order valence-corrected chi connectivity index (χ4v) is 5.36. The molecule has 3 heterocycles. The standard InChI is InChI=1S/C21H30N4O3/c1-14-13-18(23-15(2)22-14)19(27)25-12-4-10-21(25)9-3-11-24(20(21)28)16-5-7-17(26)8-6-16/h13,16-17,26H,3-12H2,1-2H3. The Morgan fingerprint density at radius 2 is 1.79 bits per heavy atom. The predicted octanol–water partition coefficient (Wildman–Crippen LogP) is 1.99. The van der Waals surface area contributed by atoms with Gasteiger partial charge in [0.05, 0.1) is 6.10 Å². The van der Waals surface area contributed by atoms with Crippen LogP contribution in [0.5, 0.6) is 0 Å². The van der Waals surface area contributed by atoms with Gasteiger partial charge in [-0.1, -0.05) is 0 Å². The molecule has 1 aliphatic carbocycles. The number of rotatable bonds is 2. The van der Waals surface area contributed by atoms with E-state index in [0.29, 0.717) is 18.1 Å². The molecule has 28 heavy (non-hydrogen) atoms. The molecule has 0 bridgehead atoms. The van der Waals surface area contributed by atoms with Crippen LogP contribution in [-0.4, -0.2) is 67.5 Å². The molecule has 2 amide bonds. The van der Waals surface area contributed by atoms with Crippen molar-refractivity contribution in [2.45, 2.75) is 82.9 Å². The second-order valence-corrected chi connectivity index (χ2v) is 8.60. The summed E-state index contributed by atoms with van der Waals surface area (Å²) in [5.74, 6) is 0.530. The number of likely N-dealkylation sites (tertiary alicyclic amines) is 2. The van der Waals surface area contributed by atoms with Crippen LogP contribution in [0.3, 0.4) is 0 Å². The number of aromatic nitrogens is 2. The third-order valence-corrected chi connectivity index (χ3v) is 6.67. The molecule has 152 valence electrons. The maximum absolute atomic E-state index is 13.6. The van der Waals surface area contributed by atoms with Crippen LogP contribution in [-0.2, 0) is 4.79 Å². The number of aliphatic hydroxyl groups excluding tert-OH is 1. The van der Waals surface area contributed by atoms with E-state index in [4.69, 9.17) is 0 Å². The van der Waals surface area contributed by atoms with E-state index in [1.54, 1.807) is 17.9 Å². The van der Waals surface area contributed by atoms with Crippen LogP contribution < -0.4 is 0 Å². The predicted molar refractivity (Wildman–Crippen MR) is 104 cm³/mol. The van der Waals surface area contributed by atoms with Gasteiger partial charge in [-0.05, 0) is 71.3 Å². The first-order chi connectivity index (χ1) is 13.4. The molecule has 4 rings (SSSR count). The van der Waals surface area contributed by atoms with E-state index < -0.39 is 5.54 Å². The third-order valence-electron chi connectivity index (χ3n) is 6.67. The van der Waals surface area contributed by atoms with Crippen LogP contribution in [0.15, 0.2) is 6.07 Å². The number of amides is 2. The van der Waals surface area contributed by atoms with Crippen LogP contribution in [0.2, 0.25) is 0 Å². The summed E-state index contributed by atoms with van der Waals surface area (Å²) in [4.78, 5) is 39.4. The normalized spacial score (nSPS) is 30.9. The average Bonchev–Trinajstić information content (AvgIpc) is 3.08. The zero-order valence-electron chi connectivity index (χ0n) is 16.9. The summed E-state index contributed by atoms with van der Waals surface area (Å²) in [5, 5.41) is 9.81. The van der Waals surface area contributed by atoms with Crippen LogP contribution in [0.4, 0.5) is 0 Å². The van der Waals surface area contributed by atoms with Gasteiger partial charge in [-0.3, -0.25) is 9.59 Å². The quantitative estimate of drug-likeness (QED) is 0.840. The SMILES string of the molecule is Cc1cc(C(=O)N2CCCC23CCCN(C2CCC(O)CC2)C3=O)nc(C)n1. The number of aliphatic hydroxyl groups is 1. The molecule has 3 fully saturated rings. The number of piperidine rings is 1. The van der Waals surface area contributed by atoms with Crippen LogP contribution in [0.1, 0.15) is 73.4 Å². The Balaban J connectivity index is 1.59. The molecule has 2 saturated heterocycles. The molecule has 1 saturated carbocycles. The molecular weight excluding hydrogens is 356 g/mol. The molecule has 1 unspecified atom stereocenters. The van der Waals surface area contributed by atoms with Gasteiger partial charge >= 0.3 is 0 Å². The molecule has 1 atom stereocenters. The summed E-state index contributed by atoms with van der Waals surface area (Å²) < 4.78 is 0. The van der Waals surface area contributed by atoms with E-state index in [9.17, 15) is 14.7 Å². The summed E-state index contributed by atoms with van der Waals surface area (Å²) in [5.41, 5.74) is 0.427. The van der Waals surface area contributed by atoms with Gasteiger partial charge in [0.1, 0.15) is 17.1 Å². The van der Waals surface area contributed by atoms with Crippen molar-refractivity contribution in [3.05, 3.63) is 23.3 Å². The number of aryl methyl sites for hydroxylation is 2. The van der Waals surface area contributed by atoms with Gasteiger partial charge in [0.2, 0.25) is 5.91 Å². The van der Waals surface area contributed by atoms with Gasteiger partial charge in [0.25, 0.3) is 5.91 Å². The van der Waals surface area contributed by atoms with Gasteiger partial charge in [0, 0.05) is 24.8 Å². The van der Waals surface area contributed by atoms with Gasteiger partial charge in [0.15, 0.2) is 0 Å². The number of hydrogen-bond acceptors (Lipinski definition) is 5. The Hall–Kier alpha value is -2.02. The van der Waals surface area contributed by atoms with Crippen LogP contribution in [0.25, 0.3) is 0 Å². The Kier molecular flexibility index (Phi) is 5.12. The van der Waals surface area contributed by atoms with E-state index in [0.717, 1.165) is 63.6 Å². The summed E-state index contributed by atoms with van der Waals surface area (Å²) in [6.45, 7) is 5.00. The molecule has 1 N–H and O–H groups in total. The molecule has 3 aliphatic rings. The van der Waals surface area contributed by atoms with Crippen LogP contribution >= 0.6 is 0 Å². The van der Waals surface area contributed by atoms with Crippen molar-refractivity contribution in [3.8, 4) is 0 Å². The monoisotopic (exact) mass is 386 g/mol. The summed E-state index contributed by atoms with van der Waals surface area (Å²) in [6.07, 6.45) is 6.18. The minimum atomic E-state index is -0.724. The fraction of sp³-hybridized carbons (Fsp3) is 0.714. The average molecular weight is 386 g/mol. The summed E-state index contributed by atoms with van der Waals surface area (Å²) in [7, 11) is 0. The Bertz CT molecular complexity index is 755. The van der Waals surface area contributed by atoms with Gasteiger partial charge in [-0.25, -0.2) is 9.97 Å². The Morgan fingerprint density at radius 1 is 1.11 bits per heavy atom. The lowest BCUT2D eigenvalue weighted by Gasteiger charge is -2.48. The van der Waals surface area contributed by atoms with Crippen molar-refractivity contribution in [3.63, 3.8) is 0 Å². The Labute approximate surface area is 166 Å². The number of nitrogens with zero attached hydrogens (tertiary/aromatic N) is 4. The number of carbonyl (C=O) groups excluding carboxylic acids is 2. The molecule has 0 radical (unpaired) electrons. The largest absolute Gasteiger partial charge is 0.393 e. The zero-order valence-corrected chi connectivity index (χ0v) is 16.9. The summed E-state index contributed by atoms with van der Waals surface area (Å²) >= 11 is 0. The molecule has 7 heteroatoms. The van der Waals surface area contributed by atoms with Crippen molar-refractivity contribution in [1.29, 1.82) is 0 Å². The number of carbonyl (C=O) groups is 2. The van der Waals surface area contributed by atoms with Gasteiger partial charge < -0.3 is 14.9 Å². The van der Waals surface area contributed by atoms with Crippen LogP contribution in [0, 0.1) is 13.8 Å². The lowest BCUT2D eigenvalue weighted by molar-refractivity contribution is -0.149. The highest BCUT2D eigenvalue weighted by Crippen LogP contribution is 2.41. The van der Waals surface area contributed by atoms with E-state index in [-0.39, 0.29) is 24.0 Å². The second kappa shape index (κ2) is 7.43. The highest BCUT2D eigenvalue weighted by Gasteiger charge is 2.54. The molecule has 0 aromatic carbocycles. The second-order valence-electron chi connectivity index (χ2n) is 8.60. The minimum absolute atomic E-state index is 0.105. The van der Waals surface area contributed by atoms with E-state index in [1.165, 1.54) is 0 Å². The molecule has 1 aromatic rings. The molecule has 7 nitrogen and oxygen atoms in total. The molecular formula is C21H30N4O3. The smallest absolute Gasteiger partial charge is 0.273 e. The summed E-state index contributed by atoms with van der Waals surface area (Å²) in [6, 6.07) is 1.91. The van der Waals surface area contributed by atoms with Crippen molar-refractivity contribution in [1.82, 2.24) is 19.8 Å². The van der Waals surface area contributed by atoms with E-state index >= 15 is 0 Å². The minimum Gasteiger partial charge on any atom is -0.393 e. The van der Waals surface area contributed by atoms with Crippen molar-refractivity contribution in [2.24, 2.45) is 0 Å². The van der Waals surface area contributed by atoms with Crippen molar-refractivity contribution in [2.75, 3.05) is 13.1 Å². The molecule has 2 aliphatic heterocycles. The Morgan fingerprint density at radius 3 is 2.46 bits per heavy atom. The fourth-order valence-electron chi connectivity index (χ4n) is 5.36. The highest BCUT2D eigenvalue weighted by molar-refractivity contribution is 5.99. The first-order valence-electron chi connectivity index (χ1n) is 10.5. The molecule has 1 aromatic heterocycles. The lowest BCUT2D eigenvalue weighted by atomic mass is 9.82.